The molecule has 4 aromatic rings. The van der Waals surface area contributed by atoms with Crippen LogP contribution >= 0.6 is 0 Å². The molecule has 0 saturated carbocycles. The Morgan fingerprint density at radius 3 is 2.06 bits per heavy atom. The Labute approximate surface area is 192 Å². The van der Waals surface area contributed by atoms with Crippen molar-refractivity contribution in [2.45, 2.75) is 45.4 Å². The Morgan fingerprint density at radius 2 is 1.53 bits per heavy atom. The molecule has 1 atom stereocenters. The molecule has 0 radical (unpaired) electrons. The van der Waals surface area contributed by atoms with Crippen LogP contribution in [0.15, 0.2) is 97.8 Å². The molecule has 0 bridgehead atoms. The van der Waals surface area contributed by atoms with E-state index >= 15 is 0 Å². The van der Waals surface area contributed by atoms with Crippen LogP contribution in [-0.4, -0.2) is 22.9 Å². The zero-order chi connectivity index (χ0) is 22.6. The third-order valence-electron chi connectivity index (χ3n) is 5.98. The summed E-state index contributed by atoms with van der Waals surface area (Å²) in [5.41, 5.74) is 2.23. The minimum absolute atomic E-state index is 0.0637. The predicted octanol–water partition coefficient (Wildman–Crippen LogP) is 4.96. The van der Waals surface area contributed by atoms with Gasteiger partial charge in [0.2, 0.25) is 0 Å². The summed E-state index contributed by atoms with van der Waals surface area (Å²) in [6.07, 6.45) is 9.34. The molecule has 5 heteroatoms. The molecule has 0 aliphatic carbocycles. The van der Waals surface area contributed by atoms with Crippen LogP contribution in [0, 0.1) is 0 Å². The van der Waals surface area contributed by atoms with Crippen LogP contribution in [-0.2, 0) is 11.0 Å². The number of rotatable bonds is 7. The predicted molar refractivity (Wildman–Crippen MR) is 133 cm³/mol. The van der Waals surface area contributed by atoms with Gasteiger partial charge in [-0.3, -0.25) is 4.98 Å². The Balaban J connectivity index is 1.75. The summed E-state index contributed by atoms with van der Waals surface area (Å²) < 4.78 is 9.28. The van der Waals surface area contributed by atoms with Crippen LogP contribution in [0.3, 0.4) is 0 Å². The molecule has 0 aliphatic heterocycles. The first-order valence-corrected chi connectivity index (χ1v) is 13.0. The first kappa shape index (κ1) is 22.2. The minimum Gasteiger partial charge on any atom is -0.401 e. The average Bonchev–Trinajstić information content (AvgIpc) is 3.31. The molecule has 0 N–H and O–H groups in total. The maximum atomic E-state index is 7.23. The van der Waals surface area contributed by atoms with Crippen molar-refractivity contribution in [2.75, 3.05) is 0 Å². The molecule has 2 aromatic carbocycles. The maximum Gasteiger partial charge on any atom is 0.261 e. The summed E-state index contributed by atoms with van der Waals surface area (Å²) in [6.45, 7) is 9.81. The van der Waals surface area contributed by atoms with Gasteiger partial charge in [-0.15, -0.1) is 0 Å². The third kappa shape index (κ3) is 4.45. The topological polar surface area (TPSA) is 39.9 Å². The van der Waals surface area contributed by atoms with Crippen molar-refractivity contribution < 1.29 is 4.43 Å². The molecular weight excluding hydrogens is 410 g/mol. The van der Waals surface area contributed by atoms with Crippen LogP contribution in [0.4, 0.5) is 0 Å². The Kier molecular flexibility index (Phi) is 6.40. The van der Waals surface area contributed by atoms with Crippen LogP contribution in [0.1, 0.15) is 44.9 Å². The van der Waals surface area contributed by atoms with E-state index in [-0.39, 0.29) is 11.1 Å². The van der Waals surface area contributed by atoms with Crippen molar-refractivity contribution in [1.29, 1.82) is 0 Å². The average molecular weight is 442 g/mol. The smallest absolute Gasteiger partial charge is 0.261 e. The fourth-order valence-electron chi connectivity index (χ4n) is 4.43. The number of hydrogen-bond donors (Lipinski definition) is 0. The summed E-state index contributed by atoms with van der Waals surface area (Å²) >= 11 is 0. The zero-order valence-corrected chi connectivity index (χ0v) is 20.3. The minimum atomic E-state index is -2.62. The van der Waals surface area contributed by atoms with E-state index in [4.69, 9.17) is 4.43 Å². The summed E-state index contributed by atoms with van der Waals surface area (Å²) in [5, 5.41) is 2.51. The zero-order valence-electron chi connectivity index (χ0n) is 19.3. The van der Waals surface area contributed by atoms with Crippen LogP contribution in [0.5, 0.6) is 0 Å². The van der Waals surface area contributed by atoms with E-state index < -0.39 is 8.32 Å². The molecule has 0 fully saturated rings. The standard InChI is InChI=1S/C27H31N3OSi/c1-22(24-17-23(18-29-19-24)20-30-16-15-28-21-30)31-32(27(2,3)4,25-11-7-5-8-12-25)26-13-9-6-10-14-26/h5-19,21-22H,20H2,1-4H3. The van der Waals surface area contributed by atoms with E-state index in [1.54, 1.807) is 6.20 Å². The number of pyridine rings is 1. The van der Waals surface area contributed by atoms with Gasteiger partial charge in [0, 0.05) is 24.8 Å². The highest BCUT2D eigenvalue weighted by atomic mass is 28.4. The van der Waals surface area contributed by atoms with E-state index in [0.29, 0.717) is 0 Å². The molecule has 32 heavy (non-hydrogen) atoms. The Morgan fingerprint density at radius 1 is 0.906 bits per heavy atom. The summed E-state index contributed by atoms with van der Waals surface area (Å²) in [4.78, 5) is 8.67. The SMILES string of the molecule is CC(O[Si](c1ccccc1)(c1ccccc1)C(C)(C)C)c1cncc(Cn2ccnc2)c1. The molecule has 164 valence electrons. The lowest BCUT2D eigenvalue weighted by Crippen LogP contribution is -2.66. The number of imidazole rings is 1. The number of hydrogen-bond acceptors (Lipinski definition) is 3. The van der Waals surface area contributed by atoms with E-state index in [2.05, 4.69) is 109 Å². The second-order valence-corrected chi connectivity index (χ2v) is 13.5. The molecule has 2 heterocycles. The monoisotopic (exact) mass is 441 g/mol. The van der Waals surface area contributed by atoms with Gasteiger partial charge >= 0.3 is 0 Å². The first-order chi connectivity index (χ1) is 15.4. The molecule has 1 unspecified atom stereocenters. The Bertz CT molecular complexity index is 1080. The van der Waals surface area contributed by atoms with Crippen molar-refractivity contribution in [2.24, 2.45) is 0 Å². The summed E-state index contributed by atoms with van der Waals surface area (Å²) in [5.74, 6) is 0. The molecule has 0 aliphatic rings. The highest BCUT2D eigenvalue weighted by Gasteiger charge is 2.51. The molecule has 0 saturated heterocycles. The van der Waals surface area contributed by atoms with Crippen molar-refractivity contribution in [3.05, 3.63) is 109 Å². The van der Waals surface area contributed by atoms with E-state index in [1.807, 2.05) is 24.9 Å². The summed E-state index contributed by atoms with van der Waals surface area (Å²) in [7, 11) is -2.62. The second kappa shape index (κ2) is 9.23. The third-order valence-corrected chi connectivity index (χ3v) is 11.1. The van der Waals surface area contributed by atoms with E-state index in [0.717, 1.165) is 17.7 Å². The normalized spacial score (nSPS) is 13.1. The van der Waals surface area contributed by atoms with Crippen LogP contribution in [0.25, 0.3) is 0 Å². The van der Waals surface area contributed by atoms with E-state index in [1.165, 1.54) is 10.4 Å². The molecule has 2 aromatic heterocycles. The van der Waals surface area contributed by atoms with E-state index in [9.17, 15) is 0 Å². The van der Waals surface area contributed by atoms with Gasteiger partial charge in [-0.05, 0) is 39.5 Å². The largest absolute Gasteiger partial charge is 0.401 e. The van der Waals surface area contributed by atoms with Gasteiger partial charge < -0.3 is 8.99 Å². The van der Waals surface area contributed by atoms with Crippen LogP contribution in [0.2, 0.25) is 5.04 Å². The maximum absolute atomic E-state index is 7.23. The molecule has 4 nitrogen and oxygen atoms in total. The fourth-order valence-corrected chi connectivity index (χ4v) is 9.11. The van der Waals surface area contributed by atoms with Crippen molar-refractivity contribution >= 4 is 18.7 Å². The van der Waals surface area contributed by atoms with Crippen molar-refractivity contribution in [1.82, 2.24) is 14.5 Å². The second-order valence-electron chi connectivity index (χ2n) is 9.28. The number of nitrogens with zero attached hydrogens (tertiary/aromatic N) is 3. The van der Waals surface area contributed by atoms with Gasteiger partial charge in [0.05, 0.1) is 19.0 Å². The quantitative estimate of drug-likeness (QED) is 0.380. The molecule has 0 amide bonds. The van der Waals surface area contributed by atoms with Crippen LogP contribution < -0.4 is 10.4 Å². The fraction of sp³-hybridized carbons (Fsp3) is 0.259. The lowest BCUT2D eigenvalue weighted by atomic mass is 10.1. The Hall–Kier alpha value is -3.02. The van der Waals surface area contributed by atoms with Gasteiger partial charge in [-0.25, -0.2) is 4.98 Å². The summed E-state index contributed by atoms with van der Waals surface area (Å²) in [6, 6.07) is 23.7. The van der Waals surface area contributed by atoms with Crippen molar-refractivity contribution in [3.8, 4) is 0 Å². The van der Waals surface area contributed by atoms with Gasteiger partial charge in [-0.2, -0.15) is 0 Å². The molecular formula is C27H31N3OSi. The van der Waals surface area contributed by atoms with Crippen molar-refractivity contribution in [3.63, 3.8) is 0 Å². The highest BCUT2D eigenvalue weighted by Crippen LogP contribution is 2.39. The lowest BCUT2D eigenvalue weighted by Gasteiger charge is -2.44. The highest BCUT2D eigenvalue weighted by molar-refractivity contribution is 6.99. The number of benzene rings is 2. The molecule has 0 spiro atoms. The van der Waals surface area contributed by atoms with Gasteiger partial charge in [0.15, 0.2) is 0 Å². The van der Waals surface area contributed by atoms with Gasteiger partial charge in [0.25, 0.3) is 8.32 Å². The first-order valence-electron chi connectivity index (χ1n) is 11.1. The lowest BCUT2D eigenvalue weighted by molar-refractivity contribution is 0.210. The number of aromatic nitrogens is 3. The molecule has 4 rings (SSSR count). The van der Waals surface area contributed by atoms with Gasteiger partial charge in [-0.1, -0.05) is 81.4 Å². The van der Waals surface area contributed by atoms with Gasteiger partial charge in [0.1, 0.15) is 0 Å².